The average molecular weight is 422 g/mol. The van der Waals surface area contributed by atoms with Gasteiger partial charge < -0.3 is 15.5 Å². The van der Waals surface area contributed by atoms with Crippen molar-refractivity contribution in [2.45, 2.75) is 6.18 Å². The minimum Gasteiger partial charge on any atom is -0.364 e. The first kappa shape index (κ1) is 22.0. The van der Waals surface area contributed by atoms with Crippen LogP contribution < -0.4 is 10.6 Å². The summed E-state index contributed by atoms with van der Waals surface area (Å²) in [6.45, 7) is 4.94. The van der Waals surface area contributed by atoms with E-state index >= 15 is 0 Å². The van der Waals surface area contributed by atoms with E-state index in [0.29, 0.717) is 30.3 Å². The summed E-state index contributed by atoms with van der Waals surface area (Å²) >= 11 is 0. The number of hydrogen-bond acceptors (Lipinski definition) is 6. The van der Waals surface area contributed by atoms with Crippen molar-refractivity contribution < 1.29 is 18.0 Å². The second-order valence-electron chi connectivity index (χ2n) is 7.51. The first-order valence-corrected chi connectivity index (χ1v) is 9.62. The fourth-order valence-electron chi connectivity index (χ4n) is 3.19. The van der Waals surface area contributed by atoms with Crippen molar-refractivity contribution in [2.75, 3.05) is 58.3 Å². The molecule has 1 aliphatic rings. The number of rotatable bonds is 6. The van der Waals surface area contributed by atoms with Gasteiger partial charge in [-0.05, 0) is 32.3 Å². The van der Waals surface area contributed by atoms with Gasteiger partial charge in [0.2, 0.25) is 5.95 Å². The summed E-state index contributed by atoms with van der Waals surface area (Å²) in [5, 5.41) is 0. The molecular weight excluding hydrogens is 397 g/mol. The zero-order chi connectivity index (χ0) is 21.9. The van der Waals surface area contributed by atoms with Gasteiger partial charge in [-0.2, -0.15) is 13.2 Å². The molecule has 3 rings (SSSR count). The Bertz CT molecular complexity index is 877. The number of anilines is 1. The zero-order valence-corrected chi connectivity index (χ0v) is 17.0. The fourth-order valence-corrected chi connectivity index (χ4v) is 3.19. The van der Waals surface area contributed by atoms with Gasteiger partial charge in [0.25, 0.3) is 5.91 Å². The van der Waals surface area contributed by atoms with Crippen molar-refractivity contribution in [3.05, 3.63) is 41.6 Å². The van der Waals surface area contributed by atoms with Crippen LogP contribution >= 0.6 is 0 Å². The minimum atomic E-state index is -4.42. The Hall–Kier alpha value is -2.72. The van der Waals surface area contributed by atoms with Crippen LogP contribution in [0, 0.1) is 0 Å². The van der Waals surface area contributed by atoms with Crippen LogP contribution in [0.5, 0.6) is 0 Å². The van der Waals surface area contributed by atoms with Crippen molar-refractivity contribution in [1.82, 2.24) is 19.8 Å². The van der Waals surface area contributed by atoms with Crippen molar-refractivity contribution in [2.24, 2.45) is 5.73 Å². The molecule has 10 heteroatoms. The first-order chi connectivity index (χ1) is 14.1. The van der Waals surface area contributed by atoms with E-state index in [2.05, 4.69) is 19.8 Å². The number of amides is 1. The highest BCUT2D eigenvalue weighted by Crippen LogP contribution is 2.31. The summed E-state index contributed by atoms with van der Waals surface area (Å²) in [6, 6.07) is 6.05. The molecule has 2 N–H and O–H groups in total. The maximum absolute atomic E-state index is 12.8. The molecule has 1 saturated heterocycles. The van der Waals surface area contributed by atoms with Gasteiger partial charge in [-0.3, -0.25) is 9.69 Å². The number of halogens is 3. The molecule has 0 saturated carbocycles. The predicted molar refractivity (Wildman–Crippen MR) is 108 cm³/mol. The van der Waals surface area contributed by atoms with Gasteiger partial charge in [0, 0.05) is 44.8 Å². The summed E-state index contributed by atoms with van der Waals surface area (Å²) in [4.78, 5) is 27.0. The van der Waals surface area contributed by atoms with Gasteiger partial charge in [0.15, 0.2) is 0 Å². The standard InChI is InChI=1S/C20H25F3N6O/c1-27(2)7-8-28-9-11-29(12-10-28)19-25-16(13-17(26-19)18(24)30)14-3-5-15(6-4-14)20(21,22)23/h3-6,13H,7-12H2,1-2H3,(H2,24,30). The smallest absolute Gasteiger partial charge is 0.364 e. The number of likely N-dealkylation sites (N-methyl/N-ethyl adjacent to an activating group) is 1. The second-order valence-corrected chi connectivity index (χ2v) is 7.51. The SMILES string of the molecule is CN(C)CCN1CCN(c2nc(C(N)=O)cc(-c3ccc(C(F)(F)F)cc3)n2)CC1. The molecule has 0 radical (unpaired) electrons. The summed E-state index contributed by atoms with van der Waals surface area (Å²) in [7, 11) is 4.06. The van der Waals surface area contributed by atoms with Crippen molar-refractivity contribution in [3.63, 3.8) is 0 Å². The highest BCUT2D eigenvalue weighted by atomic mass is 19.4. The first-order valence-electron chi connectivity index (χ1n) is 9.62. The quantitative estimate of drug-likeness (QED) is 0.767. The second kappa shape index (κ2) is 8.97. The summed E-state index contributed by atoms with van der Waals surface area (Å²) < 4.78 is 38.5. The van der Waals surface area contributed by atoms with Crippen LogP contribution in [0.4, 0.5) is 19.1 Å². The van der Waals surface area contributed by atoms with Crippen LogP contribution in [0.1, 0.15) is 16.1 Å². The van der Waals surface area contributed by atoms with Crippen LogP contribution in [0.3, 0.4) is 0 Å². The highest BCUT2D eigenvalue weighted by Gasteiger charge is 2.30. The third-order valence-corrected chi connectivity index (χ3v) is 4.99. The van der Waals surface area contributed by atoms with E-state index in [0.717, 1.165) is 38.3 Å². The number of aromatic nitrogens is 2. The average Bonchev–Trinajstić information content (AvgIpc) is 2.71. The molecule has 30 heavy (non-hydrogen) atoms. The lowest BCUT2D eigenvalue weighted by Crippen LogP contribution is -2.48. The van der Waals surface area contributed by atoms with Crippen LogP contribution in [0.25, 0.3) is 11.3 Å². The molecule has 7 nitrogen and oxygen atoms in total. The Balaban J connectivity index is 1.81. The molecule has 1 fully saturated rings. The predicted octanol–water partition coefficient (Wildman–Crippen LogP) is 1.94. The number of nitrogens with zero attached hydrogens (tertiary/aromatic N) is 5. The third-order valence-electron chi connectivity index (χ3n) is 4.99. The lowest BCUT2D eigenvalue weighted by Gasteiger charge is -2.35. The Morgan fingerprint density at radius 3 is 2.27 bits per heavy atom. The Kier molecular flexibility index (Phi) is 6.57. The Morgan fingerprint density at radius 1 is 1.10 bits per heavy atom. The van der Waals surface area contributed by atoms with Gasteiger partial charge in [0.1, 0.15) is 5.69 Å². The Labute approximate surface area is 173 Å². The fraction of sp³-hybridized carbons (Fsp3) is 0.450. The van der Waals surface area contributed by atoms with E-state index in [1.54, 1.807) is 0 Å². The monoisotopic (exact) mass is 422 g/mol. The maximum Gasteiger partial charge on any atom is 0.416 e. The van der Waals surface area contributed by atoms with Crippen LogP contribution in [0.2, 0.25) is 0 Å². The molecule has 0 spiro atoms. The van der Waals surface area contributed by atoms with Crippen LogP contribution in [-0.2, 0) is 6.18 Å². The number of carbonyl (C=O) groups is 1. The summed E-state index contributed by atoms with van der Waals surface area (Å²) in [5.41, 5.74) is 5.52. The number of piperazine rings is 1. The number of carbonyl (C=O) groups excluding carboxylic acids is 1. The molecule has 1 aromatic heterocycles. The minimum absolute atomic E-state index is 0.0323. The maximum atomic E-state index is 12.8. The van der Waals surface area contributed by atoms with Crippen molar-refractivity contribution in [3.8, 4) is 11.3 Å². The van der Waals surface area contributed by atoms with E-state index in [1.165, 1.54) is 18.2 Å². The molecule has 2 aromatic rings. The molecular formula is C20H25F3N6O. The van der Waals surface area contributed by atoms with Gasteiger partial charge >= 0.3 is 6.18 Å². The number of nitrogens with two attached hydrogens (primary N) is 1. The molecule has 1 amide bonds. The van der Waals surface area contributed by atoms with Crippen LogP contribution in [-0.4, -0.2) is 79.0 Å². The number of benzene rings is 1. The summed E-state index contributed by atoms with van der Waals surface area (Å²) in [5.74, 6) is -0.357. The van der Waals surface area contributed by atoms with Gasteiger partial charge in [-0.15, -0.1) is 0 Å². The van der Waals surface area contributed by atoms with Crippen molar-refractivity contribution in [1.29, 1.82) is 0 Å². The third kappa shape index (κ3) is 5.45. The molecule has 1 aliphatic heterocycles. The number of primary amides is 1. The molecule has 0 unspecified atom stereocenters. The lowest BCUT2D eigenvalue weighted by molar-refractivity contribution is -0.137. The van der Waals surface area contributed by atoms with E-state index < -0.39 is 17.6 Å². The molecule has 0 aliphatic carbocycles. The van der Waals surface area contributed by atoms with Gasteiger partial charge in [0.05, 0.1) is 11.3 Å². The van der Waals surface area contributed by atoms with E-state index in [9.17, 15) is 18.0 Å². The topological polar surface area (TPSA) is 78.6 Å². The van der Waals surface area contributed by atoms with Crippen molar-refractivity contribution >= 4 is 11.9 Å². The van der Waals surface area contributed by atoms with Gasteiger partial charge in [-0.25, -0.2) is 9.97 Å². The van der Waals surface area contributed by atoms with E-state index in [1.807, 2.05) is 19.0 Å². The number of hydrogen-bond donors (Lipinski definition) is 1. The molecule has 0 atom stereocenters. The lowest BCUT2D eigenvalue weighted by atomic mass is 10.1. The summed E-state index contributed by atoms with van der Waals surface area (Å²) in [6.07, 6.45) is -4.42. The van der Waals surface area contributed by atoms with Gasteiger partial charge in [-0.1, -0.05) is 12.1 Å². The van der Waals surface area contributed by atoms with E-state index in [-0.39, 0.29) is 5.69 Å². The highest BCUT2D eigenvalue weighted by molar-refractivity contribution is 5.92. The largest absolute Gasteiger partial charge is 0.416 e. The van der Waals surface area contributed by atoms with Crippen LogP contribution in [0.15, 0.2) is 30.3 Å². The zero-order valence-electron chi connectivity index (χ0n) is 17.0. The number of alkyl halides is 3. The normalized spacial score (nSPS) is 15.6. The van der Waals surface area contributed by atoms with E-state index in [4.69, 9.17) is 5.73 Å². The Morgan fingerprint density at radius 2 is 1.73 bits per heavy atom. The molecule has 0 bridgehead atoms. The molecule has 1 aromatic carbocycles. The molecule has 2 heterocycles. The molecule has 162 valence electrons.